The molecule has 1 N–H and O–H groups in total. The van der Waals surface area contributed by atoms with Gasteiger partial charge in [-0.2, -0.15) is 5.10 Å². The summed E-state index contributed by atoms with van der Waals surface area (Å²) in [4.78, 5) is 0. The quantitative estimate of drug-likeness (QED) is 0.849. The highest BCUT2D eigenvalue weighted by Crippen LogP contribution is 2.52. The molecule has 0 radical (unpaired) electrons. The smallest absolute Gasteiger partial charge is 0.0987 e. The molecule has 2 aliphatic carbocycles. The van der Waals surface area contributed by atoms with Gasteiger partial charge in [-0.05, 0) is 50.0 Å². The predicted molar refractivity (Wildman–Crippen MR) is 61.8 cm³/mol. The molecular weight excluding hydrogens is 200 g/mol. The van der Waals surface area contributed by atoms with Gasteiger partial charge in [-0.25, -0.2) is 0 Å². The van der Waals surface area contributed by atoms with Crippen molar-refractivity contribution in [2.24, 2.45) is 17.8 Å². The second kappa shape index (κ2) is 3.88. The lowest BCUT2D eigenvalue weighted by Crippen LogP contribution is -2.21. The summed E-state index contributed by atoms with van der Waals surface area (Å²) in [6, 6.07) is 1.97. The van der Waals surface area contributed by atoms with Crippen LogP contribution in [-0.2, 0) is 6.54 Å². The van der Waals surface area contributed by atoms with E-state index < -0.39 is 0 Å². The standard InChI is InChI=1S/C13H20N2O/c1-2-15-12(5-6-14-15)13(16)11-8-9-3-4-10(11)7-9/h5-6,9-11,13,16H,2-4,7-8H2,1H3. The van der Waals surface area contributed by atoms with Gasteiger partial charge in [0.2, 0.25) is 0 Å². The second-order valence-corrected chi connectivity index (χ2v) is 5.36. The first-order valence-corrected chi connectivity index (χ1v) is 6.49. The summed E-state index contributed by atoms with van der Waals surface area (Å²) in [7, 11) is 0. The molecule has 3 rings (SSSR count). The van der Waals surface area contributed by atoms with Crippen molar-refractivity contribution in [3.05, 3.63) is 18.0 Å². The summed E-state index contributed by atoms with van der Waals surface area (Å²) < 4.78 is 1.93. The van der Waals surface area contributed by atoms with Gasteiger partial charge in [-0.15, -0.1) is 0 Å². The highest BCUT2D eigenvalue weighted by molar-refractivity contribution is 5.09. The van der Waals surface area contributed by atoms with E-state index in [2.05, 4.69) is 12.0 Å². The van der Waals surface area contributed by atoms with E-state index in [-0.39, 0.29) is 6.10 Å². The molecular formula is C13H20N2O. The molecule has 2 saturated carbocycles. The van der Waals surface area contributed by atoms with Gasteiger partial charge < -0.3 is 5.11 Å². The molecule has 88 valence electrons. The first-order valence-electron chi connectivity index (χ1n) is 6.49. The molecule has 1 heterocycles. The van der Waals surface area contributed by atoms with Crippen molar-refractivity contribution >= 4 is 0 Å². The minimum Gasteiger partial charge on any atom is -0.387 e. The molecule has 16 heavy (non-hydrogen) atoms. The van der Waals surface area contributed by atoms with Crippen molar-refractivity contribution in [3.63, 3.8) is 0 Å². The third kappa shape index (κ3) is 1.49. The van der Waals surface area contributed by atoms with Crippen LogP contribution >= 0.6 is 0 Å². The minimum atomic E-state index is -0.294. The van der Waals surface area contributed by atoms with Crippen LogP contribution < -0.4 is 0 Å². The number of hydrogen-bond acceptors (Lipinski definition) is 2. The van der Waals surface area contributed by atoms with Gasteiger partial charge in [-0.3, -0.25) is 4.68 Å². The fourth-order valence-corrected chi connectivity index (χ4v) is 3.76. The third-order valence-electron chi connectivity index (χ3n) is 4.55. The molecule has 4 unspecified atom stereocenters. The molecule has 2 aliphatic rings. The Hall–Kier alpha value is -0.830. The van der Waals surface area contributed by atoms with E-state index in [0.717, 1.165) is 24.1 Å². The Morgan fingerprint density at radius 2 is 2.38 bits per heavy atom. The Balaban J connectivity index is 1.80. The fraction of sp³-hybridized carbons (Fsp3) is 0.769. The lowest BCUT2D eigenvalue weighted by atomic mass is 9.83. The summed E-state index contributed by atoms with van der Waals surface area (Å²) in [6.45, 7) is 2.92. The summed E-state index contributed by atoms with van der Waals surface area (Å²) >= 11 is 0. The molecule has 0 aliphatic heterocycles. The lowest BCUT2D eigenvalue weighted by Gasteiger charge is -2.27. The third-order valence-corrected chi connectivity index (χ3v) is 4.55. The number of hydrogen-bond donors (Lipinski definition) is 1. The largest absolute Gasteiger partial charge is 0.387 e. The predicted octanol–water partition coefficient (Wildman–Crippen LogP) is 2.37. The zero-order chi connectivity index (χ0) is 11.1. The van der Waals surface area contributed by atoms with E-state index in [9.17, 15) is 5.11 Å². The first-order chi connectivity index (χ1) is 7.79. The van der Waals surface area contributed by atoms with Gasteiger partial charge >= 0.3 is 0 Å². The van der Waals surface area contributed by atoms with Crippen LogP contribution in [0.25, 0.3) is 0 Å². The number of aliphatic hydroxyl groups excluding tert-OH is 1. The van der Waals surface area contributed by atoms with Gasteiger partial charge in [0.05, 0.1) is 11.8 Å². The van der Waals surface area contributed by atoms with Crippen molar-refractivity contribution in [3.8, 4) is 0 Å². The molecule has 3 heteroatoms. The summed E-state index contributed by atoms with van der Waals surface area (Å²) in [6.07, 6.45) is 6.80. The van der Waals surface area contributed by atoms with Gasteiger partial charge in [-0.1, -0.05) is 6.42 Å². The van der Waals surface area contributed by atoms with Gasteiger partial charge in [0.15, 0.2) is 0 Å². The maximum atomic E-state index is 10.5. The van der Waals surface area contributed by atoms with Gasteiger partial charge in [0, 0.05) is 12.7 Å². The Bertz CT molecular complexity index is 374. The normalized spacial score (nSPS) is 34.5. The molecule has 4 atom stereocenters. The maximum absolute atomic E-state index is 10.5. The molecule has 0 amide bonds. The molecule has 2 fully saturated rings. The average molecular weight is 220 g/mol. The molecule has 1 aromatic rings. The van der Waals surface area contributed by atoms with Crippen molar-refractivity contribution in [1.29, 1.82) is 0 Å². The number of aromatic nitrogens is 2. The van der Waals surface area contributed by atoms with Crippen LogP contribution in [0.4, 0.5) is 0 Å². The number of aliphatic hydroxyl groups is 1. The summed E-state index contributed by atoms with van der Waals surface area (Å²) in [5.41, 5.74) is 1.01. The molecule has 0 aromatic carbocycles. The monoisotopic (exact) mass is 220 g/mol. The molecule has 0 saturated heterocycles. The average Bonchev–Trinajstić information content (AvgIpc) is 3.02. The van der Waals surface area contributed by atoms with Crippen molar-refractivity contribution in [1.82, 2.24) is 9.78 Å². The Morgan fingerprint density at radius 3 is 3.00 bits per heavy atom. The van der Waals surface area contributed by atoms with Crippen LogP contribution in [0, 0.1) is 17.8 Å². The number of aryl methyl sites for hydroxylation is 1. The van der Waals surface area contributed by atoms with E-state index in [4.69, 9.17) is 0 Å². The number of nitrogens with zero attached hydrogens (tertiary/aromatic N) is 2. The maximum Gasteiger partial charge on any atom is 0.0987 e. The minimum absolute atomic E-state index is 0.294. The van der Waals surface area contributed by atoms with Crippen LogP contribution in [0.5, 0.6) is 0 Å². The van der Waals surface area contributed by atoms with Crippen molar-refractivity contribution in [2.75, 3.05) is 0 Å². The van der Waals surface area contributed by atoms with Gasteiger partial charge in [0.1, 0.15) is 0 Å². The van der Waals surface area contributed by atoms with E-state index >= 15 is 0 Å². The van der Waals surface area contributed by atoms with Crippen molar-refractivity contribution in [2.45, 2.75) is 45.3 Å². The Morgan fingerprint density at radius 1 is 1.50 bits per heavy atom. The van der Waals surface area contributed by atoms with Gasteiger partial charge in [0.25, 0.3) is 0 Å². The zero-order valence-corrected chi connectivity index (χ0v) is 9.84. The SMILES string of the molecule is CCn1nccc1C(O)C1CC2CCC1C2. The van der Waals surface area contributed by atoms with E-state index in [1.807, 2.05) is 10.7 Å². The molecule has 1 aromatic heterocycles. The van der Waals surface area contributed by atoms with Crippen LogP contribution in [-0.4, -0.2) is 14.9 Å². The fourth-order valence-electron chi connectivity index (χ4n) is 3.76. The molecule has 3 nitrogen and oxygen atoms in total. The highest BCUT2D eigenvalue weighted by atomic mass is 16.3. The van der Waals surface area contributed by atoms with Crippen LogP contribution in [0.1, 0.15) is 44.4 Å². The zero-order valence-electron chi connectivity index (χ0n) is 9.84. The Kier molecular flexibility index (Phi) is 2.51. The highest BCUT2D eigenvalue weighted by Gasteiger charge is 2.43. The first kappa shape index (κ1) is 10.3. The number of fused-ring (bicyclic) bond motifs is 2. The molecule has 0 spiro atoms. The molecule has 2 bridgehead atoms. The van der Waals surface area contributed by atoms with Crippen LogP contribution in [0.2, 0.25) is 0 Å². The topological polar surface area (TPSA) is 38.0 Å². The lowest BCUT2D eigenvalue weighted by molar-refractivity contribution is 0.0669. The van der Waals surface area contributed by atoms with E-state index in [1.54, 1.807) is 6.20 Å². The van der Waals surface area contributed by atoms with Crippen LogP contribution in [0.15, 0.2) is 12.3 Å². The van der Waals surface area contributed by atoms with Crippen LogP contribution in [0.3, 0.4) is 0 Å². The Labute approximate surface area is 96.5 Å². The van der Waals surface area contributed by atoms with E-state index in [1.165, 1.54) is 25.7 Å². The van der Waals surface area contributed by atoms with Crippen molar-refractivity contribution < 1.29 is 5.11 Å². The summed E-state index contributed by atoms with van der Waals surface area (Å²) in [5.74, 6) is 2.14. The van der Waals surface area contributed by atoms with E-state index in [0.29, 0.717) is 5.92 Å². The number of rotatable bonds is 3. The second-order valence-electron chi connectivity index (χ2n) is 5.36. The summed E-state index contributed by atoms with van der Waals surface area (Å²) in [5, 5.41) is 14.7.